The average Bonchev–Trinajstić information content (AvgIpc) is 2.11. The summed E-state index contributed by atoms with van der Waals surface area (Å²) in [5.41, 5.74) is 0.193. The maximum atomic E-state index is 2.33. The first-order valence-corrected chi connectivity index (χ1v) is 4.76. The Hall–Kier alpha value is -0.102. The molecule has 0 amide bonds. The molecule has 66 valence electrons. The fourth-order valence-corrected chi connectivity index (χ4v) is 2.03. The Morgan fingerprint density at radius 1 is 1.27 bits per heavy atom. The van der Waals surface area contributed by atoms with Crippen LogP contribution in [0.15, 0.2) is 12.4 Å². The predicted octanol–water partition coefficient (Wildman–Crippen LogP) is 1.66. The van der Waals surface area contributed by atoms with Gasteiger partial charge in [-0.2, -0.15) is 0 Å². The van der Waals surface area contributed by atoms with E-state index in [9.17, 15) is 0 Å². The van der Waals surface area contributed by atoms with Crippen LogP contribution in [0.1, 0.15) is 20.8 Å². The van der Waals surface area contributed by atoms with Gasteiger partial charge in [0.1, 0.15) is 0 Å². The summed E-state index contributed by atoms with van der Waals surface area (Å²) in [7, 11) is 2.06. The molecular formula is C8H14N2Pt. The number of rotatable bonds is 0. The van der Waals surface area contributed by atoms with E-state index in [1.165, 1.54) is 3.80 Å². The fourth-order valence-electron chi connectivity index (χ4n) is 0.930. The second-order valence-corrected chi connectivity index (χ2v) is 4.71. The molecule has 0 aliphatic rings. The molecule has 11 heavy (non-hydrogen) atoms. The summed E-state index contributed by atoms with van der Waals surface area (Å²) in [6.07, 6.45) is 4.19. The molecule has 0 spiro atoms. The molecule has 1 rings (SSSR count). The van der Waals surface area contributed by atoms with Crippen LogP contribution in [0.25, 0.3) is 0 Å². The van der Waals surface area contributed by atoms with Crippen molar-refractivity contribution in [3.8, 4) is 0 Å². The Kier molecular flexibility index (Phi) is 2.24. The zero-order valence-corrected chi connectivity index (χ0v) is 9.64. The van der Waals surface area contributed by atoms with Gasteiger partial charge in [0.2, 0.25) is 0 Å². The zero-order chi connectivity index (χ0) is 8.65. The minimum absolute atomic E-state index is 0.193. The van der Waals surface area contributed by atoms with E-state index < -0.39 is 0 Å². The fraction of sp³-hybridized carbons (Fsp3) is 0.625. The summed E-state index contributed by atoms with van der Waals surface area (Å²) in [5, 5.41) is 0. The van der Waals surface area contributed by atoms with E-state index in [1.54, 1.807) is 0 Å². The Morgan fingerprint density at radius 2 is 1.82 bits per heavy atom. The summed E-state index contributed by atoms with van der Waals surface area (Å²) in [6, 6.07) is 0. The zero-order valence-electron chi connectivity index (χ0n) is 7.37. The molecule has 0 atom stereocenters. The quantitative estimate of drug-likeness (QED) is 0.683. The van der Waals surface area contributed by atoms with Gasteiger partial charge in [0.15, 0.2) is 0 Å². The van der Waals surface area contributed by atoms with Crippen LogP contribution in [-0.4, -0.2) is 9.13 Å². The second-order valence-electron chi connectivity index (χ2n) is 3.69. The molecular weight excluding hydrogens is 319 g/mol. The van der Waals surface area contributed by atoms with Gasteiger partial charge in [0.25, 0.3) is 0 Å². The summed E-state index contributed by atoms with van der Waals surface area (Å²) >= 11 is 2.33. The van der Waals surface area contributed by atoms with E-state index in [0.717, 1.165) is 0 Å². The van der Waals surface area contributed by atoms with Crippen molar-refractivity contribution in [3.05, 3.63) is 16.2 Å². The molecule has 1 aromatic heterocycles. The van der Waals surface area contributed by atoms with Crippen LogP contribution < -0.4 is 0 Å². The summed E-state index contributed by atoms with van der Waals surface area (Å²) in [4.78, 5) is 0. The van der Waals surface area contributed by atoms with Crippen LogP contribution in [0, 0.1) is 3.80 Å². The first-order valence-electron chi connectivity index (χ1n) is 3.63. The Labute approximate surface area is 78.3 Å². The molecule has 1 aromatic rings. The van der Waals surface area contributed by atoms with Crippen LogP contribution in [-0.2, 0) is 31.9 Å². The van der Waals surface area contributed by atoms with E-state index in [2.05, 4.69) is 68.7 Å². The normalized spacial score (nSPS) is 12.2. The van der Waals surface area contributed by atoms with Crippen molar-refractivity contribution < 1.29 is 19.4 Å². The van der Waals surface area contributed by atoms with Crippen LogP contribution in [0.5, 0.6) is 0 Å². The van der Waals surface area contributed by atoms with E-state index in [1.807, 2.05) is 0 Å². The van der Waals surface area contributed by atoms with Crippen molar-refractivity contribution in [2.24, 2.45) is 7.05 Å². The summed E-state index contributed by atoms with van der Waals surface area (Å²) in [6.45, 7) is 6.61. The topological polar surface area (TPSA) is 9.86 Å². The second kappa shape index (κ2) is 2.74. The van der Waals surface area contributed by atoms with Gasteiger partial charge in [-0.1, -0.05) is 0 Å². The van der Waals surface area contributed by atoms with Gasteiger partial charge in [0, 0.05) is 0 Å². The minimum atomic E-state index is 0.193. The number of nitrogens with zero attached hydrogens (tertiary/aromatic N) is 2. The number of aromatic nitrogens is 2. The van der Waals surface area contributed by atoms with Gasteiger partial charge >= 0.3 is 78.0 Å². The van der Waals surface area contributed by atoms with Crippen LogP contribution in [0.4, 0.5) is 0 Å². The van der Waals surface area contributed by atoms with E-state index in [4.69, 9.17) is 0 Å². The van der Waals surface area contributed by atoms with Crippen molar-refractivity contribution in [2.45, 2.75) is 26.3 Å². The summed E-state index contributed by atoms with van der Waals surface area (Å²) < 4.78 is 5.64. The predicted molar refractivity (Wildman–Crippen MR) is 41.6 cm³/mol. The van der Waals surface area contributed by atoms with E-state index in [-0.39, 0.29) is 5.54 Å². The molecule has 1 heterocycles. The van der Waals surface area contributed by atoms with E-state index >= 15 is 0 Å². The van der Waals surface area contributed by atoms with Gasteiger partial charge in [-0.25, -0.2) is 0 Å². The first-order chi connectivity index (χ1) is 4.93. The third-order valence-electron chi connectivity index (χ3n) is 1.62. The van der Waals surface area contributed by atoms with Crippen molar-refractivity contribution in [2.75, 3.05) is 0 Å². The molecule has 0 N–H and O–H groups in total. The van der Waals surface area contributed by atoms with Crippen molar-refractivity contribution in [3.63, 3.8) is 0 Å². The van der Waals surface area contributed by atoms with Crippen LogP contribution in [0.3, 0.4) is 0 Å². The van der Waals surface area contributed by atoms with Crippen molar-refractivity contribution in [1.29, 1.82) is 0 Å². The average molecular weight is 333 g/mol. The Morgan fingerprint density at radius 3 is 2.00 bits per heavy atom. The van der Waals surface area contributed by atoms with E-state index in [0.29, 0.717) is 0 Å². The molecule has 0 unspecified atom stereocenters. The SMILES string of the molecule is Cn1ccn(C(C)(C)C)[c]1=[Pt]. The van der Waals surface area contributed by atoms with Crippen LogP contribution in [0.2, 0.25) is 0 Å². The van der Waals surface area contributed by atoms with Gasteiger partial charge in [-0.3, -0.25) is 0 Å². The third-order valence-corrected chi connectivity index (χ3v) is 2.96. The standard InChI is InChI=1S/C8H14N2.Pt/c1-8(2,3)10-6-5-9(4)7-10;/h5-6H,1-4H3;. The molecule has 0 bridgehead atoms. The number of aryl methyl sites for hydroxylation is 1. The molecule has 0 saturated heterocycles. The number of hydrogen-bond donors (Lipinski definition) is 0. The molecule has 2 nitrogen and oxygen atoms in total. The van der Waals surface area contributed by atoms with Gasteiger partial charge < -0.3 is 0 Å². The van der Waals surface area contributed by atoms with Gasteiger partial charge in [0.05, 0.1) is 0 Å². The monoisotopic (exact) mass is 333 g/mol. The van der Waals surface area contributed by atoms with Gasteiger partial charge in [-0.05, 0) is 0 Å². The third kappa shape index (κ3) is 1.73. The molecule has 0 saturated carbocycles. The van der Waals surface area contributed by atoms with Gasteiger partial charge in [-0.15, -0.1) is 0 Å². The molecule has 0 aliphatic heterocycles. The Bertz CT molecular complexity index is 301. The van der Waals surface area contributed by atoms with Crippen molar-refractivity contribution >= 4 is 0 Å². The molecule has 0 aliphatic carbocycles. The van der Waals surface area contributed by atoms with Crippen LogP contribution >= 0.6 is 0 Å². The molecule has 0 fully saturated rings. The Balaban J connectivity index is 3.27. The number of imidazole rings is 1. The first kappa shape index (κ1) is 8.99. The number of hydrogen-bond acceptors (Lipinski definition) is 0. The summed E-state index contributed by atoms with van der Waals surface area (Å²) in [5.74, 6) is 0. The molecule has 0 aromatic carbocycles. The molecule has 3 heteroatoms. The van der Waals surface area contributed by atoms with Crippen molar-refractivity contribution in [1.82, 2.24) is 9.13 Å². The maximum absolute atomic E-state index is 2.33. The molecule has 0 radical (unpaired) electrons.